The van der Waals surface area contributed by atoms with Crippen LogP contribution >= 0.6 is 11.3 Å². The third-order valence-electron chi connectivity index (χ3n) is 3.63. The van der Waals surface area contributed by atoms with E-state index in [1.807, 2.05) is 11.3 Å². The molecule has 1 aromatic heterocycles. The largest absolute Gasteiger partial charge is 0.309 e. The van der Waals surface area contributed by atoms with Crippen molar-refractivity contribution in [2.24, 2.45) is 0 Å². The van der Waals surface area contributed by atoms with Crippen LogP contribution in [0.15, 0.2) is 12.1 Å². The molecular weight excluding hydrogens is 228 g/mol. The van der Waals surface area contributed by atoms with E-state index in [4.69, 9.17) is 0 Å². The van der Waals surface area contributed by atoms with Crippen LogP contribution < -0.4 is 5.32 Å². The van der Waals surface area contributed by atoms with Gasteiger partial charge in [0, 0.05) is 22.3 Å². The summed E-state index contributed by atoms with van der Waals surface area (Å²) < 4.78 is 0. The average molecular weight is 252 g/mol. The molecule has 2 heterocycles. The number of rotatable bonds is 4. The second-order valence-corrected chi connectivity index (χ2v) is 6.33. The van der Waals surface area contributed by atoms with Gasteiger partial charge >= 0.3 is 0 Å². The molecule has 96 valence electrons. The Morgan fingerprint density at radius 3 is 2.94 bits per heavy atom. The highest BCUT2D eigenvalue weighted by molar-refractivity contribution is 7.11. The van der Waals surface area contributed by atoms with Crippen LogP contribution in [-0.4, -0.2) is 30.6 Å². The fraction of sp³-hybridized carbons (Fsp3) is 0.714. The van der Waals surface area contributed by atoms with Crippen LogP contribution in [0.2, 0.25) is 0 Å². The van der Waals surface area contributed by atoms with Crippen molar-refractivity contribution in [3.63, 3.8) is 0 Å². The fourth-order valence-corrected chi connectivity index (χ4v) is 3.34. The van der Waals surface area contributed by atoms with Crippen LogP contribution in [0.4, 0.5) is 0 Å². The van der Waals surface area contributed by atoms with E-state index in [-0.39, 0.29) is 0 Å². The van der Waals surface area contributed by atoms with Crippen LogP contribution in [0.25, 0.3) is 0 Å². The molecule has 17 heavy (non-hydrogen) atoms. The van der Waals surface area contributed by atoms with E-state index < -0.39 is 0 Å². The van der Waals surface area contributed by atoms with Gasteiger partial charge in [0.1, 0.15) is 0 Å². The minimum Gasteiger partial charge on any atom is -0.309 e. The lowest BCUT2D eigenvalue weighted by molar-refractivity contribution is 0.297. The lowest BCUT2D eigenvalue weighted by Gasteiger charge is -2.18. The van der Waals surface area contributed by atoms with Gasteiger partial charge in [-0.1, -0.05) is 6.92 Å². The molecule has 0 aromatic carbocycles. The van der Waals surface area contributed by atoms with Gasteiger partial charge < -0.3 is 10.2 Å². The highest BCUT2D eigenvalue weighted by Gasteiger charge is 2.15. The maximum atomic E-state index is 3.72. The molecule has 2 nitrogen and oxygen atoms in total. The lowest BCUT2D eigenvalue weighted by Crippen LogP contribution is -2.30. The van der Waals surface area contributed by atoms with E-state index >= 15 is 0 Å². The van der Waals surface area contributed by atoms with E-state index in [1.54, 1.807) is 0 Å². The first-order valence-corrected chi connectivity index (χ1v) is 7.60. The monoisotopic (exact) mass is 252 g/mol. The van der Waals surface area contributed by atoms with Gasteiger partial charge in [-0.25, -0.2) is 0 Å². The van der Waals surface area contributed by atoms with E-state index in [0.717, 1.165) is 6.54 Å². The summed E-state index contributed by atoms with van der Waals surface area (Å²) in [5, 5.41) is 3.72. The van der Waals surface area contributed by atoms with Crippen LogP contribution in [0.1, 0.15) is 35.9 Å². The molecule has 1 fully saturated rings. The summed E-state index contributed by atoms with van der Waals surface area (Å²) >= 11 is 1.91. The van der Waals surface area contributed by atoms with Gasteiger partial charge in [0.05, 0.1) is 0 Å². The van der Waals surface area contributed by atoms with Gasteiger partial charge in [0.25, 0.3) is 0 Å². The highest BCUT2D eigenvalue weighted by Crippen LogP contribution is 2.16. The van der Waals surface area contributed by atoms with Gasteiger partial charge in [-0.2, -0.15) is 0 Å². The number of nitrogens with zero attached hydrogens (tertiary/aromatic N) is 1. The third kappa shape index (κ3) is 4.09. The van der Waals surface area contributed by atoms with Gasteiger partial charge in [0.15, 0.2) is 0 Å². The zero-order valence-electron chi connectivity index (χ0n) is 11.0. The number of nitrogens with one attached hydrogen (secondary N) is 1. The molecule has 1 aromatic rings. The number of likely N-dealkylation sites (tertiary alicyclic amines) is 1. The Morgan fingerprint density at radius 1 is 1.35 bits per heavy atom. The summed E-state index contributed by atoms with van der Waals surface area (Å²) in [6.07, 6.45) is 3.98. The summed E-state index contributed by atoms with van der Waals surface area (Å²) in [6, 6.07) is 5.18. The maximum Gasteiger partial charge on any atom is 0.0302 e. The Morgan fingerprint density at radius 2 is 2.24 bits per heavy atom. The van der Waals surface area contributed by atoms with E-state index in [1.165, 1.54) is 48.7 Å². The van der Waals surface area contributed by atoms with Crippen molar-refractivity contribution in [2.45, 2.75) is 45.7 Å². The van der Waals surface area contributed by atoms with Crippen LogP contribution in [-0.2, 0) is 6.54 Å². The molecule has 0 saturated carbocycles. The Hall–Kier alpha value is -0.380. The number of aryl methyl sites for hydroxylation is 1. The molecule has 1 atom stereocenters. The minimum absolute atomic E-state index is 0.717. The quantitative estimate of drug-likeness (QED) is 0.886. The molecule has 3 heteroatoms. The van der Waals surface area contributed by atoms with E-state index in [9.17, 15) is 0 Å². The summed E-state index contributed by atoms with van der Waals surface area (Å²) in [5.41, 5.74) is 0. The van der Waals surface area contributed by atoms with Gasteiger partial charge in [0.2, 0.25) is 0 Å². The molecule has 0 aliphatic carbocycles. The Balaban J connectivity index is 1.75. The van der Waals surface area contributed by atoms with Crippen LogP contribution in [0.5, 0.6) is 0 Å². The standard InChI is InChI=1S/C14H24N2S/c1-3-16-9-4-5-13(8-10-16)15-11-14-7-6-12(2)17-14/h6-7,13,15H,3-5,8-11H2,1-2H3. The van der Waals surface area contributed by atoms with Gasteiger partial charge in [-0.3, -0.25) is 0 Å². The number of hydrogen-bond donors (Lipinski definition) is 1. The summed E-state index contributed by atoms with van der Waals surface area (Å²) in [5.74, 6) is 0. The van der Waals surface area contributed by atoms with Crippen molar-refractivity contribution >= 4 is 11.3 Å². The molecule has 0 radical (unpaired) electrons. The van der Waals surface area contributed by atoms with Crippen molar-refractivity contribution in [3.8, 4) is 0 Å². The lowest BCUT2D eigenvalue weighted by atomic mass is 10.1. The predicted octanol–water partition coefficient (Wildman–Crippen LogP) is 3.02. The van der Waals surface area contributed by atoms with E-state index in [0.29, 0.717) is 6.04 Å². The molecule has 1 aliphatic heterocycles. The van der Waals surface area contributed by atoms with Gasteiger partial charge in [-0.15, -0.1) is 11.3 Å². The molecule has 2 rings (SSSR count). The first kappa shape index (κ1) is 13.1. The molecule has 1 aliphatic rings. The SMILES string of the molecule is CCN1CCCC(NCc2ccc(C)s2)CC1. The average Bonchev–Trinajstić information content (AvgIpc) is 2.63. The fourth-order valence-electron chi connectivity index (χ4n) is 2.50. The van der Waals surface area contributed by atoms with E-state index in [2.05, 4.69) is 36.2 Å². The van der Waals surface area contributed by atoms with Crippen molar-refractivity contribution in [1.29, 1.82) is 0 Å². The second kappa shape index (κ2) is 6.53. The van der Waals surface area contributed by atoms with Crippen LogP contribution in [0.3, 0.4) is 0 Å². The summed E-state index contributed by atoms with van der Waals surface area (Å²) in [7, 11) is 0. The van der Waals surface area contributed by atoms with Crippen molar-refractivity contribution in [1.82, 2.24) is 10.2 Å². The first-order chi connectivity index (χ1) is 8.28. The summed E-state index contributed by atoms with van der Waals surface area (Å²) in [6.45, 7) is 9.25. The van der Waals surface area contributed by atoms with Crippen molar-refractivity contribution < 1.29 is 0 Å². The minimum atomic E-state index is 0.717. The summed E-state index contributed by atoms with van der Waals surface area (Å²) in [4.78, 5) is 5.45. The normalized spacial score (nSPS) is 22.6. The van der Waals surface area contributed by atoms with Crippen LogP contribution in [0, 0.1) is 6.92 Å². The molecule has 0 spiro atoms. The smallest absolute Gasteiger partial charge is 0.0302 e. The van der Waals surface area contributed by atoms with Gasteiger partial charge in [-0.05, 0) is 58.0 Å². The predicted molar refractivity (Wildman–Crippen MR) is 75.6 cm³/mol. The zero-order chi connectivity index (χ0) is 12.1. The molecule has 1 N–H and O–H groups in total. The first-order valence-electron chi connectivity index (χ1n) is 6.79. The molecule has 0 amide bonds. The zero-order valence-corrected chi connectivity index (χ0v) is 11.9. The second-order valence-electron chi connectivity index (χ2n) is 4.96. The number of thiophene rings is 1. The molecular formula is C14H24N2S. The van der Waals surface area contributed by atoms with Crippen molar-refractivity contribution in [2.75, 3.05) is 19.6 Å². The third-order valence-corrected chi connectivity index (χ3v) is 4.63. The Kier molecular flexibility index (Phi) is 5.01. The molecule has 0 bridgehead atoms. The number of hydrogen-bond acceptors (Lipinski definition) is 3. The topological polar surface area (TPSA) is 15.3 Å². The van der Waals surface area contributed by atoms with Crippen molar-refractivity contribution in [3.05, 3.63) is 21.9 Å². The molecule has 1 saturated heterocycles. The molecule has 1 unspecified atom stereocenters. The Bertz CT molecular complexity index is 335. The highest BCUT2D eigenvalue weighted by atomic mass is 32.1. The maximum absolute atomic E-state index is 3.72. The Labute approximate surface area is 109 Å².